The number of thioether (sulfide) groups is 1. The molecule has 0 atom stereocenters. The zero-order valence-corrected chi connectivity index (χ0v) is 14.4. The molecule has 0 bridgehead atoms. The number of hydrogen-bond donors (Lipinski definition) is 1. The number of aromatic nitrogens is 4. The summed E-state index contributed by atoms with van der Waals surface area (Å²) in [5, 5.41) is 4.78. The molecule has 0 amide bonds. The minimum absolute atomic E-state index is 0.139. The number of nitrogens with two attached hydrogens (primary N) is 1. The fourth-order valence-corrected chi connectivity index (χ4v) is 2.69. The highest BCUT2D eigenvalue weighted by Crippen LogP contribution is 2.28. The fourth-order valence-electron chi connectivity index (χ4n) is 2.13. The highest BCUT2D eigenvalue weighted by atomic mass is 32.2. The SMILES string of the molecule is COC(=O)c1c(SC)nn(-c2cc(Oc3ccccc3)ncn2)c1N. The maximum atomic E-state index is 11.9. The second kappa shape index (κ2) is 7.22. The predicted octanol–water partition coefficient (Wildman–Crippen LogP) is 2.55. The normalized spacial score (nSPS) is 10.5. The molecule has 0 unspecified atom stereocenters. The van der Waals surface area contributed by atoms with Gasteiger partial charge in [-0.05, 0) is 18.4 Å². The number of carbonyl (C=O) groups is 1. The zero-order valence-electron chi connectivity index (χ0n) is 13.5. The van der Waals surface area contributed by atoms with Crippen LogP contribution in [0.2, 0.25) is 0 Å². The van der Waals surface area contributed by atoms with Crippen LogP contribution in [0.25, 0.3) is 5.82 Å². The van der Waals surface area contributed by atoms with Gasteiger partial charge in [0.15, 0.2) is 5.82 Å². The number of methoxy groups -OCH3 is 1. The van der Waals surface area contributed by atoms with Gasteiger partial charge in [-0.1, -0.05) is 18.2 Å². The van der Waals surface area contributed by atoms with Gasteiger partial charge in [-0.3, -0.25) is 0 Å². The topological polar surface area (TPSA) is 105 Å². The van der Waals surface area contributed by atoms with Crippen LogP contribution in [0.5, 0.6) is 11.6 Å². The first-order valence-electron chi connectivity index (χ1n) is 7.20. The van der Waals surface area contributed by atoms with Crippen molar-refractivity contribution in [2.24, 2.45) is 0 Å². The summed E-state index contributed by atoms with van der Waals surface area (Å²) in [6.07, 6.45) is 3.13. The average molecular weight is 357 g/mol. The van der Waals surface area contributed by atoms with E-state index in [1.165, 1.54) is 29.9 Å². The molecule has 3 rings (SSSR count). The lowest BCUT2D eigenvalue weighted by molar-refractivity contribution is 0.0598. The molecule has 2 heterocycles. The highest BCUT2D eigenvalue weighted by molar-refractivity contribution is 7.98. The maximum absolute atomic E-state index is 11.9. The Kier molecular flexibility index (Phi) is 4.85. The van der Waals surface area contributed by atoms with Gasteiger partial charge in [-0.15, -0.1) is 11.8 Å². The van der Waals surface area contributed by atoms with Crippen LogP contribution in [0.15, 0.2) is 47.8 Å². The van der Waals surface area contributed by atoms with Crippen molar-refractivity contribution in [2.45, 2.75) is 5.03 Å². The van der Waals surface area contributed by atoms with E-state index >= 15 is 0 Å². The quantitative estimate of drug-likeness (QED) is 0.548. The molecule has 8 nitrogen and oxygen atoms in total. The largest absolute Gasteiger partial charge is 0.465 e. The van der Waals surface area contributed by atoms with Gasteiger partial charge < -0.3 is 15.2 Å². The van der Waals surface area contributed by atoms with Crippen LogP contribution in [-0.4, -0.2) is 39.1 Å². The molecule has 0 fully saturated rings. The molecule has 9 heteroatoms. The third kappa shape index (κ3) is 3.41. The Morgan fingerprint density at radius 2 is 2.00 bits per heavy atom. The number of esters is 1. The van der Waals surface area contributed by atoms with Crippen molar-refractivity contribution in [2.75, 3.05) is 19.1 Å². The van der Waals surface area contributed by atoms with E-state index in [1.54, 1.807) is 12.3 Å². The van der Waals surface area contributed by atoms with E-state index in [0.29, 0.717) is 22.5 Å². The van der Waals surface area contributed by atoms with Gasteiger partial charge >= 0.3 is 5.97 Å². The third-order valence-corrected chi connectivity index (χ3v) is 3.95. The number of benzene rings is 1. The first-order valence-corrected chi connectivity index (χ1v) is 8.42. The molecule has 25 heavy (non-hydrogen) atoms. The number of para-hydroxylation sites is 1. The van der Waals surface area contributed by atoms with Crippen LogP contribution < -0.4 is 10.5 Å². The Morgan fingerprint density at radius 1 is 1.24 bits per heavy atom. The molecule has 0 aliphatic heterocycles. The molecule has 1 aromatic carbocycles. The molecule has 0 aliphatic carbocycles. The predicted molar refractivity (Wildman–Crippen MR) is 93.2 cm³/mol. The summed E-state index contributed by atoms with van der Waals surface area (Å²) in [6.45, 7) is 0. The first kappa shape index (κ1) is 16.8. The highest BCUT2D eigenvalue weighted by Gasteiger charge is 2.23. The second-order valence-corrected chi connectivity index (χ2v) is 5.60. The van der Waals surface area contributed by atoms with E-state index in [1.807, 2.05) is 30.3 Å². The van der Waals surface area contributed by atoms with E-state index in [9.17, 15) is 4.79 Å². The number of carbonyl (C=O) groups excluding carboxylic acids is 1. The van der Waals surface area contributed by atoms with Gasteiger partial charge in [0.05, 0.1) is 7.11 Å². The van der Waals surface area contributed by atoms with Gasteiger partial charge in [0.1, 0.15) is 28.5 Å². The van der Waals surface area contributed by atoms with E-state index in [-0.39, 0.29) is 11.4 Å². The van der Waals surface area contributed by atoms with E-state index in [4.69, 9.17) is 15.2 Å². The maximum Gasteiger partial charge on any atom is 0.344 e. The van der Waals surface area contributed by atoms with Crippen LogP contribution in [0, 0.1) is 0 Å². The zero-order chi connectivity index (χ0) is 17.8. The molecule has 0 radical (unpaired) electrons. The molecule has 2 N–H and O–H groups in total. The Morgan fingerprint density at radius 3 is 2.68 bits per heavy atom. The van der Waals surface area contributed by atoms with Crippen molar-refractivity contribution in [3.8, 4) is 17.4 Å². The Labute approximate surface area is 148 Å². The Hall–Kier alpha value is -3.07. The van der Waals surface area contributed by atoms with Crippen molar-refractivity contribution in [1.29, 1.82) is 0 Å². The van der Waals surface area contributed by atoms with Crippen molar-refractivity contribution >= 4 is 23.5 Å². The third-order valence-electron chi connectivity index (χ3n) is 3.28. The van der Waals surface area contributed by atoms with E-state index < -0.39 is 5.97 Å². The summed E-state index contributed by atoms with van der Waals surface area (Å²) >= 11 is 1.29. The fraction of sp³-hybridized carbons (Fsp3) is 0.125. The summed E-state index contributed by atoms with van der Waals surface area (Å²) in [6, 6.07) is 10.8. The lowest BCUT2D eigenvalue weighted by Gasteiger charge is -2.07. The molecule has 0 saturated carbocycles. The Balaban J connectivity index is 1.99. The van der Waals surface area contributed by atoms with Crippen LogP contribution in [0.4, 0.5) is 5.82 Å². The Bertz CT molecular complexity index is 898. The minimum atomic E-state index is -0.553. The number of rotatable bonds is 5. The lowest BCUT2D eigenvalue weighted by atomic mass is 10.3. The number of nitrogen functional groups attached to an aromatic ring is 1. The van der Waals surface area contributed by atoms with E-state index in [2.05, 4.69) is 15.1 Å². The summed E-state index contributed by atoms with van der Waals surface area (Å²) in [5.41, 5.74) is 6.28. The van der Waals surface area contributed by atoms with Crippen molar-refractivity contribution in [1.82, 2.24) is 19.7 Å². The summed E-state index contributed by atoms with van der Waals surface area (Å²) < 4.78 is 11.8. The number of anilines is 1. The van der Waals surface area contributed by atoms with Gasteiger partial charge in [-0.25, -0.2) is 14.8 Å². The first-order chi connectivity index (χ1) is 12.1. The number of hydrogen-bond acceptors (Lipinski definition) is 8. The van der Waals surface area contributed by atoms with Crippen LogP contribution in [0.1, 0.15) is 10.4 Å². The van der Waals surface area contributed by atoms with Gasteiger partial charge in [-0.2, -0.15) is 9.78 Å². The lowest BCUT2D eigenvalue weighted by Crippen LogP contribution is -2.08. The van der Waals surface area contributed by atoms with E-state index in [0.717, 1.165) is 0 Å². The van der Waals surface area contributed by atoms with Gasteiger partial charge in [0, 0.05) is 6.07 Å². The molecule has 0 spiro atoms. The molecular formula is C16H15N5O3S. The molecule has 3 aromatic rings. The second-order valence-electron chi connectivity index (χ2n) is 4.80. The minimum Gasteiger partial charge on any atom is -0.465 e. The molecular weight excluding hydrogens is 342 g/mol. The standard InChI is InChI=1S/C16H15N5O3S/c1-23-16(22)13-14(17)21(20-15(13)25-2)11-8-12(19-9-18-11)24-10-6-4-3-5-7-10/h3-9H,17H2,1-2H3. The van der Waals surface area contributed by atoms with Gasteiger partial charge in [0.25, 0.3) is 0 Å². The summed E-state index contributed by atoms with van der Waals surface area (Å²) in [7, 11) is 1.29. The molecule has 0 saturated heterocycles. The van der Waals surface area contributed by atoms with Crippen LogP contribution in [0.3, 0.4) is 0 Å². The van der Waals surface area contributed by atoms with Crippen molar-refractivity contribution < 1.29 is 14.3 Å². The summed E-state index contributed by atoms with van der Waals surface area (Å²) in [5.74, 6) is 0.935. The molecule has 128 valence electrons. The molecule has 2 aromatic heterocycles. The smallest absolute Gasteiger partial charge is 0.344 e. The summed E-state index contributed by atoms with van der Waals surface area (Å²) in [4.78, 5) is 20.2. The number of nitrogens with zero attached hydrogens (tertiary/aromatic N) is 4. The average Bonchev–Trinajstić information content (AvgIpc) is 2.98. The van der Waals surface area contributed by atoms with Crippen LogP contribution in [-0.2, 0) is 4.74 Å². The van der Waals surface area contributed by atoms with Crippen molar-refractivity contribution in [3.63, 3.8) is 0 Å². The van der Waals surface area contributed by atoms with Gasteiger partial charge in [0.2, 0.25) is 5.88 Å². The molecule has 0 aliphatic rings. The number of ether oxygens (including phenoxy) is 2. The monoisotopic (exact) mass is 357 g/mol. The van der Waals surface area contributed by atoms with Crippen molar-refractivity contribution in [3.05, 3.63) is 48.3 Å². The van der Waals surface area contributed by atoms with Crippen LogP contribution >= 0.6 is 11.8 Å².